The molecule has 0 bridgehead atoms. The number of nitrogens with zero attached hydrogens (tertiary/aromatic N) is 1. The van der Waals surface area contributed by atoms with E-state index in [-0.39, 0.29) is 17.9 Å². The minimum Gasteiger partial charge on any atom is -0.469 e. The highest BCUT2D eigenvalue weighted by atomic mass is 16.3. The van der Waals surface area contributed by atoms with E-state index in [9.17, 15) is 9.59 Å². The van der Waals surface area contributed by atoms with E-state index in [1.165, 1.54) is 0 Å². The molecule has 0 spiro atoms. The summed E-state index contributed by atoms with van der Waals surface area (Å²) in [6, 6.07) is 9.52. The fraction of sp³-hybridized carbons (Fsp3) is 0.400. The Morgan fingerprint density at radius 3 is 2.76 bits per heavy atom. The minimum absolute atomic E-state index is 0.0249. The Balaban J connectivity index is 1.40. The second kappa shape index (κ2) is 6.75. The summed E-state index contributed by atoms with van der Waals surface area (Å²) in [5, 5.41) is 3.11. The molecule has 1 unspecified atom stereocenters. The molecule has 25 heavy (non-hydrogen) atoms. The average molecular weight is 338 g/mol. The molecule has 1 aromatic heterocycles. The number of carbonyl (C=O) groups excluding carboxylic acids is 2. The standard InChI is InChI=1S/C20H22N2O3/c23-19-5-2-11-22(19)13-14-6-8-15(9-7-14)20(24)21-17-3-1-4-18-16(17)10-12-25-18/h6-10,12,17H,1-5,11,13H2,(H,21,24). The summed E-state index contributed by atoms with van der Waals surface area (Å²) >= 11 is 0. The van der Waals surface area contributed by atoms with E-state index >= 15 is 0 Å². The molecule has 4 rings (SSSR count). The van der Waals surface area contributed by atoms with Crippen molar-refractivity contribution in [2.45, 2.75) is 44.7 Å². The Hall–Kier alpha value is -2.56. The molecule has 2 aliphatic rings. The third-order valence-electron chi connectivity index (χ3n) is 5.12. The molecule has 1 aliphatic carbocycles. The van der Waals surface area contributed by atoms with Gasteiger partial charge in [0.2, 0.25) is 5.91 Å². The van der Waals surface area contributed by atoms with E-state index < -0.39 is 0 Å². The van der Waals surface area contributed by atoms with Crippen molar-refractivity contribution in [3.8, 4) is 0 Å². The van der Waals surface area contributed by atoms with Gasteiger partial charge in [-0.05, 0) is 43.0 Å². The average Bonchev–Trinajstić information content (AvgIpc) is 3.25. The Kier molecular flexibility index (Phi) is 4.30. The predicted octanol–water partition coefficient (Wildman–Crippen LogP) is 3.21. The van der Waals surface area contributed by atoms with Crippen LogP contribution in [-0.2, 0) is 17.8 Å². The lowest BCUT2D eigenvalue weighted by Crippen LogP contribution is -2.30. The van der Waals surface area contributed by atoms with E-state index in [1.807, 2.05) is 35.2 Å². The number of amides is 2. The lowest BCUT2D eigenvalue weighted by atomic mass is 9.93. The van der Waals surface area contributed by atoms with Crippen LogP contribution in [0.25, 0.3) is 0 Å². The first-order valence-electron chi connectivity index (χ1n) is 8.94. The van der Waals surface area contributed by atoms with Crippen LogP contribution >= 0.6 is 0 Å². The maximum atomic E-state index is 12.5. The molecule has 130 valence electrons. The molecule has 1 fully saturated rings. The number of likely N-dealkylation sites (tertiary alicyclic amines) is 1. The summed E-state index contributed by atoms with van der Waals surface area (Å²) in [6.07, 6.45) is 6.19. The van der Waals surface area contributed by atoms with Crippen LogP contribution in [0.5, 0.6) is 0 Å². The number of hydrogen-bond acceptors (Lipinski definition) is 3. The van der Waals surface area contributed by atoms with E-state index in [0.717, 1.165) is 49.1 Å². The highest BCUT2D eigenvalue weighted by molar-refractivity contribution is 5.94. The van der Waals surface area contributed by atoms with Crippen molar-refractivity contribution < 1.29 is 14.0 Å². The number of rotatable bonds is 4. The van der Waals surface area contributed by atoms with Gasteiger partial charge in [0, 0.05) is 37.1 Å². The number of nitrogens with one attached hydrogen (secondary N) is 1. The quantitative estimate of drug-likeness (QED) is 0.931. The van der Waals surface area contributed by atoms with Gasteiger partial charge in [0.15, 0.2) is 0 Å². The molecule has 5 heteroatoms. The first-order chi connectivity index (χ1) is 12.2. The second-order valence-corrected chi connectivity index (χ2v) is 6.83. The van der Waals surface area contributed by atoms with Gasteiger partial charge in [0.25, 0.3) is 5.91 Å². The van der Waals surface area contributed by atoms with Crippen LogP contribution in [-0.4, -0.2) is 23.3 Å². The van der Waals surface area contributed by atoms with Crippen molar-refractivity contribution in [2.24, 2.45) is 0 Å². The molecule has 1 saturated heterocycles. The highest BCUT2D eigenvalue weighted by Gasteiger charge is 2.24. The van der Waals surface area contributed by atoms with Crippen molar-refractivity contribution in [2.75, 3.05) is 6.54 Å². The minimum atomic E-state index is -0.0668. The molecule has 1 atom stereocenters. The maximum Gasteiger partial charge on any atom is 0.251 e. The fourth-order valence-corrected chi connectivity index (χ4v) is 3.73. The van der Waals surface area contributed by atoms with Gasteiger partial charge in [-0.15, -0.1) is 0 Å². The van der Waals surface area contributed by atoms with Gasteiger partial charge in [-0.3, -0.25) is 9.59 Å². The lowest BCUT2D eigenvalue weighted by Gasteiger charge is -2.22. The second-order valence-electron chi connectivity index (χ2n) is 6.83. The highest BCUT2D eigenvalue weighted by Crippen LogP contribution is 2.30. The summed E-state index contributed by atoms with van der Waals surface area (Å²) in [7, 11) is 0. The number of furan rings is 1. The SMILES string of the molecule is O=C(NC1CCCc2occc21)c1ccc(CN2CCCC2=O)cc1. The Labute approximate surface area is 147 Å². The first-order valence-corrected chi connectivity index (χ1v) is 8.94. The molecule has 2 aromatic rings. The topological polar surface area (TPSA) is 62.6 Å². The number of aryl methyl sites for hydroxylation is 1. The van der Waals surface area contributed by atoms with Gasteiger partial charge in [0.05, 0.1) is 12.3 Å². The molecule has 2 amide bonds. The Morgan fingerprint density at radius 2 is 2.00 bits per heavy atom. The molecule has 1 N–H and O–H groups in total. The van der Waals surface area contributed by atoms with E-state index in [2.05, 4.69) is 5.32 Å². The van der Waals surface area contributed by atoms with E-state index in [1.54, 1.807) is 6.26 Å². The number of benzene rings is 1. The molecule has 0 radical (unpaired) electrons. The summed E-state index contributed by atoms with van der Waals surface area (Å²) in [4.78, 5) is 26.1. The van der Waals surface area contributed by atoms with Gasteiger partial charge < -0.3 is 14.6 Å². The zero-order valence-electron chi connectivity index (χ0n) is 14.2. The van der Waals surface area contributed by atoms with Gasteiger partial charge in [-0.25, -0.2) is 0 Å². The Bertz CT molecular complexity index is 778. The molecule has 1 aliphatic heterocycles. The molecular weight excluding hydrogens is 316 g/mol. The maximum absolute atomic E-state index is 12.5. The molecule has 5 nitrogen and oxygen atoms in total. The molecule has 0 saturated carbocycles. The number of fused-ring (bicyclic) bond motifs is 1. The normalized spacial score (nSPS) is 19.8. The van der Waals surface area contributed by atoms with Crippen molar-refractivity contribution in [3.63, 3.8) is 0 Å². The molecule has 2 heterocycles. The third-order valence-corrected chi connectivity index (χ3v) is 5.12. The van der Waals surface area contributed by atoms with Gasteiger partial charge in [-0.2, -0.15) is 0 Å². The first kappa shape index (κ1) is 15.9. The van der Waals surface area contributed by atoms with E-state index in [4.69, 9.17) is 4.42 Å². The largest absolute Gasteiger partial charge is 0.469 e. The van der Waals surface area contributed by atoms with Crippen molar-refractivity contribution in [1.82, 2.24) is 10.2 Å². The smallest absolute Gasteiger partial charge is 0.251 e. The Morgan fingerprint density at radius 1 is 1.16 bits per heavy atom. The zero-order valence-corrected chi connectivity index (χ0v) is 14.2. The van der Waals surface area contributed by atoms with E-state index in [0.29, 0.717) is 18.5 Å². The van der Waals surface area contributed by atoms with Crippen LogP contribution in [0.2, 0.25) is 0 Å². The summed E-state index contributed by atoms with van der Waals surface area (Å²) in [5.74, 6) is 1.14. The van der Waals surface area contributed by atoms with Crippen LogP contribution in [0.3, 0.4) is 0 Å². The van der Waals surface area contributed by atoms with Gasteiger partial charge in [0.1, 0.15) is 5.76 Å². The summed E-state index contributed by atoms with van der Waals surface area (Å²) in [5.41, 5.74) is 2.80. The third kappa shape index (κ3) is 3.31. The predicted molar refractivity (Wildman–Crippen MR) is 92.9 cm³/mol. The van der Waals surface area contributed by atoms with Crippen LogP contribution < -0.4 is 5.32 Å². The van der Waals surface area contributed by atoms with Crippen LogP contribution in [0, 0.1) is 0 Å². The van der Waals surface area contributed by atoms with Crippen molar-refractivity contribution >= 4 is 11.8 Å². The summed E-state index contributed by atoms with van der Waals surface area (Å²) < 4.78 is 5.48. The number of hydrogen-bond donors (Lipinski definition) is 1. The van der Waals surface area contributed by atoms with Crippen LogP contribution in [0.15, 0.2) is 41.0 Å². The van der Waals surface area contributed by atoms with Crippen molar-refractivity contribution in [1.29, 1.82) is 0 Å². The fourth-order valence-electron chi connectivity index (χ4n) is 3.73. The zero-order chi connectivity index (χ0) is 17.2. The summed E-state index contributed by atoms with van der Waals surface area (Å²) in [6.45, 7) is 1.46. The van der Waals surface area contributed by atoms with Gasteiger partial charge >= 0.3 is 0 Å². The number of carbonyl (C=O) groups is 2. The van der Waals surface area contributed by atoms with Crippen LogP contribution in [0.1, 0.15) is 59.0 Å². The molecular formula is C20H22N2O3. The monoisotopic (exact) mass is 338 g/mol. The lowest BCUT2D eigenvalue weighted by molar-refractivity contribution is -0.128. The van der Waals surface area contributed by atoms with Gasteiger partial charge in [-0.1, -0.05) is 12.1 Å². The molecule has 1 aromatic carbocycles. The van der Waals surface area contributed by atoms with Crippen LogP contribution in [0.4, 0.5) is 0 Å². The van der Waals surface area contributed by atoms with Crippen molar-refractivity contribution in [3.05, 3.63) is 59.0 Å².